The number of nitrogens with zero attached hydrogens (tertiary/aromatic N) is 2. The molecule has 4 atom stereocenters. The first-order valence-electron chi connectivity index (χ1n) is 8.49. The summed E-state index contributed by atoms with van der Waals surface area (Å²) in [6.45, 7) is 7.97. The van der Waals surface area contributed by atoms with E-state index in [0.29, 0.717) is 11.9 Å². The maximum atomic E-state index is 6.27. The van der Waals surface area contributed by atoms with Crippen LogP contribution in [0.1, 0.15) is 46.0 Å². The first-order valence-corrected chi connectivity index (χ1v) is 8.49. The number of piperidine rings is 1. The first-order chi connectivity index (χ1) is 10.2. The van der Waals surface area contributed by atoms with E-state index in [1.807, 2.05) is 6.92 Å². The molecule has 5 heteroatoms. The summed E-state index contributed by atoms with van der Waals surface area (Å²) < 4.78 is 11.9. The van der Waals surface area contributed by atoms with Gasteiger partial charge in [0.1, 0.15) is 5.60 Å². The van der Waals surface area contributed by atoms with E-state index in [4.69, 9.17) is 20.2 Å². The zero-order valence-corrected chi connectivity index (χ0v) is 13.4. The lowest BCUT2D eigenvalue weighted by atomic mass is 9.70. The smallest absolute Gasteiger partial charge is 0.191 e. The molecule has 0 aromatic heterocycles. The Kier molecular flexibility index (Phi) is 4.41. The molecule has 2 N–H and O–H groups in total. The van der Waals surface area contributed by atoms with Crippen LogP contribution in [0.3, 0.4) is 0 Å². The lowest BCUT2D eigenvalue weighted by Gasteiger charge is -2.50. The second-order valence-corrected chi connectivity index (χ2v) is 6.78. The number of rotatable bonds is 3. The van der Waals surface area contributed by atoms with Crippen LogP contribution < -0.4 is 5.73 Å². The van der Waals surface area contributed by atoms with Gasteiger partial charge < -0.3 is 20.1 Å². The molecule has 3 fully saturated rings. The molecule has 4 unspecified atom stereocenters. The van der Waals surface area contributed by atoms with Gasteiger partial charge in [0.05, 0.1) is 12.1 Å². The van der Waals surface area contributed by atoms with Crippen molar-refractivity contribution in [1.82, 2.24) is 4.90 Å². The third kappa shape index (κ3) is 2.78. The Labute approximate surface area is 127 Å². The number of ether oxygens (including phenoxy) is 2. The van der Waals surface area contributed by atoms with E-state index in [2.05, 4.69) is 11.8 Å². The highest BCUT2D eigenvalue weighted by atomic mass is 16.6. The third-order valence-corrected chi connectivity index (χ3v) is 5.27. The van der Waals surface area contributed by atoms with E-state index in [-0.39, 0.29) is 17.7 Å². The van der Waals surface area contributed by atoms with Gasteiger partial charge in [0.2, 0.25) is 0 Å². The lowest BCUT2D eigenvalue weighted by molar-refractivity contribution is -0.189. The van der Waals surface area contributed by atoms with Gasteiger partial charge in [-0.1, -0.05) is 6.92 Å². The normalized spacial score (nSPS) is 40.6. The van der Waals surface area contributed by atoms with Crippen molar-refractivity contribution in [3.63, 3.8) is 0 Å². The van der Waals surface area contributed by atoms with Gasteiger partial charge in [-0.25, -0.2) is 4.99 Å². The minimum Gasteiger partial charge on any atom is -0.375 e. The lowest BCUT2D eigenvalue weighted by Crippen LogP contribution is -2.64. The van der Waals surface area contributed by atoms with Gasteiger partial charge in [0.25, 0.3) is 0 Å². The summed E-state index contributed by atoms with van der Waals surface area (Å²) in [4.78, 5) is 7.06. The van der Waals surface area contributed by atoms with Gasteiger partial charge >= 0.3 is 0 Å². The molecule has 0 aromatic carbocycles. The van der Waals surface area contributed by atoms with Crippen molar-refractivity contribution in [3.05, 3.63) is 0 Å². The molecule has 3 aliphatic rings. The Morgan fingerprint density at radius 3 is 3.00 bits per heavy atom. The molecule has 2 aliphatic heterocycles. The summed E-state index contributed by atoms with van der Waals surface area (Å²) in [6.07, 6.45) is 5.81. The number of hydrogen-bond acceptors (Lipinski definition) is 3. The average molecular weight is 295 g/mol. The molecule has 0 amide bonds. The van der Waals surface area contributed by atoms with Crippen LogP contribution in [0.5, 0.6) is 0 Å². The van der Waals surface area contributed by atoms with E-state index in [0.717, 1.165) is 45.6 Å². The van der Waals surface area contributed by atoms with Crippen LogP contribution in [0.4, 0.5) is 0 Å². The highest BCUT2D eigenvalue weighted by Crippen LogP contribution is 2.47. The topological polar surface area (TPSA) is 60.1 Å². The van der Waals surface area contributed by atoms with Gasteiger partial charge in [-0.2, -0.15) is 0 Å². The summed E-state index contributed by atoms with van der Waals surface area (Å²) in [7, 11) is 0. The third-order valence-electron chi connectivity index (χ3n) is 5.27. The van der Waals surface area contributed by atoms with Gasteiger partial charge in [-0.15, -0.1) is 0 Å². The summed E-state index contributed by atoms with van der Waals surface area (Å²) >= 11 is 0. The Morgan fingerprint density at radius 2 is 2.33 bits per heavy atom. The van der Waals surface area contributed by atoms with Gasteiger partial charge in [0, 0.05) is 32.7 Å². The molecule has 1 aliphatic carbocycles. The number of aliphatic imine (C=N–C) groups is 1. The van der Waals surface area contributed by atoms with Gasteiger partial charge in [-0.05, 0) is 38.5 Å². The summed E-state index contributed by atoms with van der Waals surface area (Å²) in [5.41, 5.74) is 6.08. The van der Waals surface area contributed by atoms with Crippen molar-refractivity contribution < 1.29 is 9.47 Å². The van der Waals surface area contributed by atoms with E-state index >= 15 is 0 Å². The minimum absolute atomic E-state index is 0.175. The van der Waals surface area contributed by atoms with Crippen LogP contribution in [-0.2, 0) is 9.47 Å². The Morgan fingerprint density at radius 1 is 1.48 bits per heavy atom. The molecule has 0 aromatic rings. The predicted molar refractivity (Wildman–Crippen MR) is 83.3 cm³/mol. The fraction of sp³-hybridized carbons (Fsp3) is 0.938. The van der Waals surface area contributed by atoms with E-state index in [1.54, 1.807) is 0 Å². The summed E-state index contributed by atoms with van der Waals surface area (Å²) in [5, 5.41) is 0. The largest absolute Gasteiger partial charge is 0.375 e. The molecule has 21 heavy (non-hydrogen) atoms. The zero-order chi connectivity index (χ0) is 14.9. The van der Waals surface area contributed by atoms with Crippen LogP contribution in [0.15, 0.2) is 4.99 Å². The maximum absolute atomic E-state index is 6.27. The van der Waals surface area contributed by atoms with Gasteiger partial charge in [-0.3, -0.25) is 0 Å². The molecule has 5 nitrogen and oxygen atoms in total. The van der Waals surface area contributed by atoms with Crippen LogP contribution >= 0.6 is 0 Å². The molecule has 2 saturated heterocycles. The highest BCUT2D eigenvalue weighted by Gasteiger charge is 2.59. The van der Waals surface area contributed by atoms with E-state index < -0.39 is 0 Å². The number of hydrogen-bond donors (Lipinski definition) is 1. The zero-order valence-electron chi connectivity index (χ0n) is 13.4. The molecule has 1 saturated carbocycles. The number of nitrogens with two attached hydrogens (primary N) is 1. The molecular formula is C16H29N3O2. The first kappa shape index (κ1) is 15.1. The molecular weight excluding hydrogens is 266 g/mol. The standard InChI is InChI=1S/C16H29N3O2/c1-3-20-14-10-13(16(14)7-5-9-21-16)18-15(17)19-8-4-6-12(2)11-19/h12-14H,3-11H2,1-2H3,(H2,17,18). The highest BCUT2D eigenvalue weighted by molar-refractivity contribution is 5.78. The number of guanidine groups is 1. The SMILES string of the molecule is CCOC1CC(N=C(N)N2CCCC(C)C2)C12CCCO2. The second-order valence-electron chi connectivity index (χ2n) is 6.78. The second kappa shape index (κ2) is 6.13. The van der Waals surface area contributed by atoms with Crippen molar-refractivity contribution in [3.8, 4) is 0 Å². The Bertz CT molecular complexity index is 393. The number of likely N-dealkylation sites (tertiary alicyclic amines) is 1. The van der Waals surface area contributed by atoms with Crippen molar-refractivity contribution in [2.75, 3.05) is 26.3 Å². The average Bonchev–Trinajstić information content (AvgIpc) is 2.98. The van der Waals surface area contributed by atoms with Crippen LogP contribution in [0, 0.1) is 5.92 Å². The predicted octanol–water partition coefficient (Wildman–Crippen LogP) is 1.76. The molecule has 0 radical (unpaired) electrons. The fourth-order valence-electron chi connectivity index (χ4n) is 4.07. The molecule has 3 rings (SSSR count). The van der Waals surface area contributed by atoms with E-state index in [9.17, 15) is 0 Å². The van der Waals surface area contributed by atoms with E-state index in [1.165, 1.54) is 12.8 Å². The Balaban J connectivity index is 1.67. The monoisotopic (exact) mass is 295 g/mol. The van der Waals surface area contributed by atoms with Crippen molar-refractivity contribution in [2.45, 2.75) is 63.7 Å². The quantitative estimate of drug-likeness (QED) is 0.636. The van der Waals surface area contributed by atoms with Crippen LogP contribution in [-0.4, -0.2) is 54.9 Å². The molecule has 2 heterocycles. The maximum Gasteiger partial charge on any atom is 0.191 e. The van der Waals surface area contributed by atoms with Crippen LogP contribution in [0.25, 0.3) is 0 Å². The fourth-order valence-corrected chi connectivity index (χ4v) is 4.07. The van der Waals surface area contributed by atoms with Gasteiger partial charge in [0.15, 0.2) is 5.96 Å². The van der Waals surface area contributed by atoms with Crippen molar-refractivity contribution >= 4 is 5.96 Å². The molecule has 120 valence electrons. The molecule has 1 spiro atoms. The summed E-state index contributed by atoms with van der Waals surface area (Å²) in [6, 6.07) is 0.175. The van der Waals surface area contributed by atoms with Crippen molar-refractivity contribution in [2.24, 2.45) is 16.6 Å². The van der Waals surface area contributed by atoms with Crippen LogP contribution in [0.2, 0.25) is 0 Å². The summed E-state index contributed by atoms with van der Waals surface area (Å²) in [5.74, 6) is 1.41. The minimum atomic E-state index is -0.192. The molecule has 0 bridgehead atoms. The van der Waals surface area contributed by atoms with Crippen molar-refractivity contribution in [1.29, 1.82) is 0 Å². The Hall–Kier alpha value is -0.810.